The van der Waals surface area contributed by atoms with E-state index < -0.39 is 0 Å². The number of fused-ring (bicyclic) bond motifs is 5. The molecule has 0 radical (unpaired) electrons. The number of aliphatic hydroxyl groups excluding tert-OH is 2. The normalized spacial score (nSPS) is 43.7. The molecule has 4 saturated carbocycles. The highest BCUT2D eigenvalue weighted by molar-refractivity contribution is 5.77. The lowest BCUT2D eigenvalue weighted by Crippen LogP contribution is -2.59. The van der Waals surface area contributed by atoms with Gasteiger partial charge in [-0.25, -0.2) is 0 Å². The van der Waals surface area contributed by atoms with Crippen molar-refractivity contribution >= 4 is 5.91 Å². The lowest BCUT2D eigenvalue weighted by molar-refractivity contribution is -0.167. The average molecular weight is 545 g/mol. The van der Waals surface area contributed by atoms with Crippen molar-refractivity contribution in [2.24, 2.45) is 52.3 Å². The molecule has 224 valence electrons. The molecule has 11 atom stereocenters. The summed E-state index contributed by atoms with van der Waals surface area (Å²) in [6.07, 6.45) is 14.5. The molecule has 4 aliphatic carbocycles. The summed E-state index contributed by atoms with van der Waals surface area (Å²) in [5.74, 6) is 4.50. The van der Waals surface area contributed by atoms with Crippen LogP contribution in [0.25, 0.3) is 0 Å². The number of likely N-dealkylation sites (tertiary alicyclic amines) is 1. The van der Waals surface area contributed by atoms with Crippen LogP contribution in [0.5, 0.6) is 0 Å². The molecule has 0 unspecified atom stereocenters. The van der Waals surface area contributed by atoms with Crippen molar-refractivity contribution in [2.45, 2.75) is 136 Å². The van der Waals surface area contributed by atoms with Crippen LogP contribution in [0, 0.1) is 52.3 Å². The van der Waals surface area contributed by atoms with Crippen LogP contribution in [0.3, 0.4) is 0 Å². The van der Waals surface area contributed by atoms with Gasteiger partial charge in [-0.05, 0) is 136 Å². The first-order valence-corrected chi connectivity index (χ1v) is 16.9. The van der Waals surface area contributed by atoms with Crippen molar-refractivity contribution in [3.63, 3.8) is 0 Å². The number of rotatable bonds is 10. The van der Waals surface area contributed by atoms with Crippen molar-refractivity contribution in [3.05, 3.63) is 0 Å². The van der Waals surface area contributed by atoms with E-state index in [1.54, 1.807) is 0 Å². The highest BCUT2D eigenvalue weighted by Crippen LogP contribution is 2.68. The van der Waals surface area contributed by atoms with E-state index in [0.29, 0.717) is 58.3 Å². The number of carbonyl (C=O) groups is 1. The summed E-state index contributed by atoms with van der Waals surface area (Å²) in [6.45, 7) is 14.7. The zero-order chi connectivity index (χ0) is 27.9. The maximum absolute atomic E-state index is 11.9. The molecule has 1 saturated heterocycles. The van der Waals surface area contributed by atoms with E-state index >= 15 is 0 Å². The van der Waals surface area contributed by atoms with Crippen molar-refractivity contribution < 1.29 is 15.0 Å². The van der Waals surface area contributed by atoms with E-state index in [1.165, 1.54) is 44.9 Å². The number of nitrogens with one attached hydrogen (secondary N) is 1. The number of aliphatic hydroxyl groups is 2. The fourth-order valence-corrected chi connectivity index (χ4v) is 10.9. The highest BCUT2D eigenvalue weighted by Gasteiger charge is 2.62. The van der Waals surface area contributed by atoms with E-state index in [9.17, 15) is 15.0 Å². The Balaban J connectivity index is 1.17. The Hall–Kier alpha value is -0.650. The Morgan fingerprint density at radius 3 is 2.46 bits per heavy atom. The summed E-state index contributed by atoms with van der Waals surface area (Å²) in [6, 6.07) is 0.563. The Labute approximate surface area is 239 Å². The summed E-state index contributed by atoms with van der Waals surface area (Å²) in [5.41, 5.74) is 0.722. The number of amides is 1. The molecule has 0 aromatic carbocycles. The third-order valence-electron chi connectivity index (χ3n) is 13.3. The minimum atomic E-state index is -0.177. The number of carbonyl (C=O) groups excluding carboxylic acids is 1. The summed E-state index contributed by atoms with van der Waals surface area (Å²) < 4.78 is 0. The van der Waals surface area contributed by atoms with Crippen molar-refractivity contribution in [3.8, 4) is 0 Å². The van der Waals surface area contributed by atoms with E-state index in [2.05, 4.69) is 39.9 Å². The smallest absolute Gasteiger partial charge is 0.222 e. The summed E-state index contributed by atoms with van der Waals surface area (Å²) in [4.78, 5) is 13.9. The lowest BCUT2D eigenvalue weighted by Gasteiger charge is -2.62. The molecule has 5 fully saturated rings. The first kappa shape index (κ1) is 29.8. The molecule has 0 aromatic rings. The molecule has 0 aromatic heterocycles. The second kappa shape index (κ2) is 11.9. The van der Waals surface area contributed by atoms with Gasteiger partial charge in [0.05, 0.1) is 12.2 Å². The maximum Gasteiger partial charge on any atom is 0.222 e. The fourth-order valence-electron chi connectivity index (χ4n) is 10.9. The minimum absolute atomic E-state index is 0.144. The zero-order valence-corrected chi connectivity index (χ0v) is 25.8. The topological polar surface area (TPSA) is 72.8 Å². The first-order chi connectivity index (χ1) is 18.5. The number of nitrogens with zero attached hydrogens (tertiary/aromatic N) is 1. The number of hydrogen-bond acceptors (Lipinski definition) is 4. The molecule has 3 N–H and O–H groups in total. The molecule has 0 spiro atoms. The van der Waals surface area contributed by atoms with Gasteiger partial charge in [-0.15, -0.1) is 0 Å². The van der Waals surface area contributed by atoms with Gasteiger partial charge in [0.1, 0.15) is 0 Å². The van der Waals surface area contributed by atoms with Crippen LogP contribution in [-0.4, -0.2) is 58.9 Å². The third-order valence-corrected chi connectivity index (χ3v) is 13.3. The van der Waals surface area contributed by atoms with E-state index in [0.717, 1.165) is 64.1 Å². The zero-order valence-electron chi connectivity index (χ0n) is 25.8. The van der Waals surface area contributed by atoms with Crippen LogP contribution in [0.15, 0.2) is 0 Å². The predicted octanol–water partition coefficient (Wildman–Crippen LogP) is 6.02. The fraction of sp³-hybridized carbons (Fsp3) is 0.971. The predicted molar refractivity (Wildman–Crippen MR) is 158 cm³/mol. The van der Waals surface area contributed by atoms with Gasteiger partial charge in [0, 0.05) is 25.6 Å². The average Bonchev–Trinajstić information content (AvgIpc) is 3.47. The summed E-state index contributed by atoms with van der Waals surface area (Å²) in [7, 11) is 0. The molecule has 1 aliphatic heterocycles. The summed E-state index contributed by atoms with van der Waals surface area (Å²) in [5, 5.41) is 26.0. The molecule has 5 heteroatoms. The molecule has 1 amide bonds. The lowest BCUT2D eigenvalue weighted by atomic mass is 9.43. The van der Waals surface area contributed by atoms with Gasteiger partial charge >= 0.3 is 0 Å². The third kappa shape index (κ3) is 5.72. The van der Waals surface area contributed by atoms with Crippen LogP contribution >= 0.6 is 0 Å². The monoisotopic (exact) mass is 544 g/mol. The highest BCUT2D eigenvalue weighted by atomic mass is 16.3. The molecular weight excluding hydrogens is 484 g/mol. The molecule has 5 aliphatic rings. The molecule has 1 heterocycles. The van der Waals surface area contributed by atoms with Crippen molar-refractivity contribution in [2.75, 3.05) is 19.6 Å². The van der Waals surface area contributed by atoms with Gasteiger partial charge in [-0.2, -0.15) is 0 Å². The SMILES string of the molecule is CC(C)[C@@H](O)CC[C@@H](C)[C@H]1CC[C@H]2[C@@H]3[C@H](O)C[C@H]4C[C@@H](NCCCN5CCCC5=O)CC[C@]4(C)[C@H]3CC[C@]12C. The van der Waals surface area contributed by atoms with Crippen molar-refractivity contribution in [1.29, 1.82) is 0 Å². The quantitative estimate of drug-likeness (QED) is 0.294. The largest absolute Gasteiger partial charge is 0.393 e. The van der Waals surface area contributed by atoms with E-state index in [1.807, 2.05) is 4.90 Å². The Kier molecular flexibility index (Phi) is 9.12. The van der Waals surface area contributed by atoms with E-state index in [-0.39, 0.29) is 12.2 Å². The maximum atomic E-state index is 11.9. The standard InChI is InChI=1S/C34H60N2O3/c1-22(2)29(37)12-9-23(3)26-10-11-27-32-28(14-16-34(26,27)5)33(4)15-13-25(20-24(33)21-30(32)38)35-17-7-19-36-18-6-8-31(36)39/h22-30,32,35,37-38H,6-21H2,1-5H3/t23-,24-,25+,26-,27+,28+,29+,30-,32+,33+,34-/m1/s1. The van der Waals surface area contributed by atoms with Gasteiger partial charge in [0.15, 0.2) is 0 Å². The minimum Gasteiger partial charge on any atom is -0.393 e. The van der Waals surface area contributed by atoms with Gasteiger partial charge in [-0.3, -0.25) is 4.79 Å². The molecular formula is C34H60N2O3. The van der Waals surface area contributed by atoms with Crippen LogP contribution in [-0.2, 0) is 4.79 Å². The number of hydrogen-bond donors (Lipinski definition) is 3. The molecule has 39 heavy (non-hydrogen) atoms. The molecule has 5 rings (SSSR count). The first-order valence-electron chi connectivity index (χ1n) is 16.9. The Bertz CT molecular complexity index is 848. The molecule has 0 bridgehead atoms. The second-order valence-electron chi connectivity index (χ2n) is 15.7. The Morgan fingerprint density at radius 1 is 1.00 bits per heavy atom. The second-order valence-corrected chi connectivity index (χ2v) is 15.7. The van der Waals surface area contributed by atoms with Gasteiger partial charge in [-0.1, -0.05) is 34.6 Å². The molecule has 5 nitrogen and oxygen atoms in total. The Morgan fingerprint density at radius 2 is 1.74 bits per heavy atom. The summed E-state index contributed by atoms with van der Waals surface area (Å²) >= 11 is 0. The van der Waals surface area contributed by atoms with Crippen LogP contribution in [0.1, 0.15) is 118 Å². The van der Waals surface area contributed by atoms with Crippen LogP contribution < -0.4 is 5.32 Å². The van der Waals surface area contributed by atoms with Crippen LogP contribution in [0.2, 0.25) is 0 Å². The van der Waals surface area contributed by atoms with Crippen LogP contribution in [0.4, 0.5) is 0 Å². The van der Waals surface area contributed by atoms with Gasteiger partial charge in [0.2, 0.25) is 5.91 Å². The van der Waals surface area contributed by atoms with E-state index in [4.69, 9.17) is 0 Å². The van der Waals surface area contributed by atoms with Crippen molar-refractivity contribution in [1.82, 2.24) is 10.2 Å². The van der Waals surface area contributed by atoms with Gasteiger partial charge in [0.25, 0.3) is 0 Å². The van der Waals surface area contributed by atoms with Gasteiger partial charge < -0.3 is 20.4 Å².